The molecule has 2 aliphatic rings. The minimum Gasteiger partial charge on any atom is -0.478 e. The third-order valence-electron chi connectivity index (χ3n) is 6.04. The molecule has 0 unspecified atom stereocenters. The predicted molar refractivity (Wildman–Crippen MR) is 163 cm³/mol. The van der Waals surface area contributed by atoms with Crippen molar-refractivity contribution in [3.63, 3.8) is 0 Å². The van der Waals surface area contributed by atoms with Crippen molar-refractivity contribution >= 4 is 78.7 Å². The van der Waals surface area contributed by atoms with Crippen molar-refractivity contribution in [2.45, 2.75) is 9.79 Å². The second-order valence-corrected chi connectivity index (χ2v) is 12.0. The summed E-state index contributed by atoms with van der Waals surface area (Å²) in [4.78, 5) is 44.4. The first kappa shape index (κ1) is 33.1. The molecule has 0 amide bonds. The van der Waals surface area contributed by atoms with E-state index in [1.807, 2.05) is 0 Å². The molecule has 0 aliphatic heterocycles. The highest BCUT2D eigenvalue weighted by Crippen LogP contribution is 2.26. The number of carboxylic acids is 2. The summed E-state index contributed by atoms with van der Waals surface area (Å²) in [6.07, 6.45) is 8.73. The lowest BCUT2D eigenvalue weighted by Crippen LogP contribution is -2.16. The normalized spacial score (nSPS) is 16.9. The van der Waals surface area contributed by atoms with E-state index in [0.29, 0.717) is 0 Å². The molecule has 0 heterocycles. The molecule has 236 valence electrons. The largest absolute Gasteiger partial charge is 0.478 e. The highest BCUT2D eigenvalue weighted by Gasteiger charge is 2.21. The highest BCUT2D eigenvalue weighted by molar-refractivity contribution is 7.86. The predicted octanol–water partition coefficient (Wildman–Crippen LogP) is 2.19. The third-order valence-corrected chi connectivity index (χ3v) is 7.86. The van der Waals surface area contributed by atoms with E-state index < -0.39 is 64.7 Å². The van der Waals surface area contributed by atoms with E-state index in [9.17, 15) is 45.1 Å². The lowest BCUT2D eigenvalue weighted by Gasteiger charge is -2.10. The van der Waals surface area contributed by atoms with Crippen molar-refractivity contribution in [3.8, 4) is 0 Å². The molecular weight excluding hydrogens is 648 g/mol. The smallest absolute Gasteiger partial charge is 0.339 e. The molecule has 0 radical (unpaired) electrons. The summed E-state index contributed by atoms with van der Waals surface area (Å²) >= 11 is 0. The number of benzene rings is 2. The molecule has 0 saturated heterocycles. The fourth-order valence-corrected chi connectivity index (χ4v) is 5.30. The molecule has 0 saturated carbocycles. The SMILES string of the molecule is O=C(O)C1=C/C(=N\Nc2ccc(/C=C/c3ccc(N/N=C4\C=CC(=O)C(C(=O)O)=C4)cc3S(=O)(=O)O)c(S(=O)(=O)O)c2)C=CC1=O. The Morgan fingerprint density at radius 2 is 1.00 bits per heavy atom. The number of ketones is 2. The van der Waals surface area contributed by atoms with Crippen LogP contribution in [-0.2, 0) is 39.4 Å². The zero-order valence-electron chi connectivity index (χ0n) is 22.8. The number of nitrogens with zero attached hydrogens (tertiary/aromatic N) is 2. The second kappa shape index (κ2) is 13.0. The average Bonchev–Trinajstić information content (AvgIpc) is 2.98. The summed E-state index contributed by atoms with van der Waals surface area (Å²) in [7, 11) is -9.71. The van der Waals surface area contributed by atoms with Gasteiger partial charge in [-0.25, -0.2) is 9.59 Å². The van der Waals surface area contributed by atoms with E-state index >= 15 is 0 Å². The number of hydrogen-bond acceptors (Lipinski definition) is 12. The van der Waals surface area contributed by atoms with Gasteiger partial charge in [0.15, 0.2) is 11.6 Å². The van der Waals surface area contributed by atoms with Crippen LogP contribution >= 0.6 is 0 Å². The number of hydrazone groups is 2. The summed E-state index contributed by atoms with van der Waals surface area (Å²) in [6, 6.07) is 7.14. The van der Waals surface area contributed by atoms with Crippen molar-refractivity contribution in [1.82, 2.24) is 0 Å². The molecule has 0 bridgehead atoms. The van der Waals surface area contributed by atoms with Gasteiger partial charge < -0.3 is 10.2 Å². The number of carbonyl (C=O) groups excluding carboxylic acids is 2. The van der Waals surface area contributed by atoms with Crippen molar-refractivity contribution in [2.24, 2.45) is 10.2 Å². The summed E-state index contributed by atoms with van der Waals surface area (Å²) in [5.74, 6) is -4.41. The van der Waals surface area contributed by atoms with Crippen LogP contribution in [0.2, 0.25) is 0 Å². The van der Waals surface area contributed by atoms with Crippen molar-refractivity contribution in [2.75, 3.05) is 10.9 Å². The Hall–Kier alpha value is -5.82. The van der Waals surface area contributed by atoms with Gasteiger partial charge in [-0.05, 0) is 71.8 Å². The van der Waals surface area contributed by atoms with E-state index in [-0.39, 0.29) is 33.9 Å². The quantitative estimate of drug-likeness (QED) is 0.0697. The number of anilines is 2. The van der Waals surface area contributed by atoms with Gasteiger partial charge in [0, 0.05) is 0 Å². The second-order valence-electron chi connectivity index (χ2n) is 9.21. The molecule has 0 fully saturated rings. The van der Waals surface area contributed by atoms with Crippen LogP contribution in [-0.4, -0.2) is 71.1 Å². The molecule has 0 spiro atoms. The van der Waals surface area contributed by atoms with Gasteiger partial charge in [-0.2, -0.15) is 27.0 Å². The number of rotatable bonds is 10. The molecule has 18 heteroatoms. The maximum Gasteiger partial charge on any atom is 0.339 e. The van der Waals surface area contributed by atoms with E-state index in [1.165, 1.54) is 36.4 Å². The summed E-state index contributed by atoms with van der Waals surface area (Å²) < 4.78 is 68.2. The average molecular weight is 669 g/mol. The lowest BCUT2D eigenvalue weighted by atomic mass is 10.0. The van der Waals surface area contributed by atoms with Crippen LogP contribution in [0, 0.1) is 0 Å². The first-order valence-electron chi connectivity index (χ1n) is 12.5. The lowest BCUT2D eigenvalue weighted by molar-refractivity contribution is -0.135. The Morgan fingerprint density at radius 1 is 0.630 bits per heavy atom. The molecule has 0 aromatic heterocycles. The number of carbonyl (C=O) groups is 4. The van der Waals surface area contributed by atoms with Crippen LogP contribution in [0.5, 0.6) is 0 Å². The fraction of sp³-hybridized carbons (Fsp3) is 0. The van der Waals surface area contributed by atoms with Crippen LogP contribution in [0.4, 0.5) is 11.4 Å². The summed E-state index contributed by atoms with van der Waals surface area (Å²) in [5.41, 5.74) is 3.83. The summed E-state index contributed by atoms with van der Waals surface area (Å²) in [6.45, 7) is 0. The number of carboxylic acid groups (broad SMARTS) is 2. The van der Waals surface area contributed by atoms with Gasteiger partial charge in [-0.15, -0.1) is 0 Å². The Labute approximate surface area is 259 Å². The zero-order valence-corrected chi connectivity index (χ0v) is 24.5. The van der Waals surface area contributed by atoms with E-state index in [1.54, 1.807) is 0 Å². The van der Waals surface area contributed by atoms with Crippen LogP contribution in [0.15, 0.2) is 104 Å². The molecule has 6 N–H and O–H groups in total. The molecule has 2 aromatic carbocycles. The van der Waals surface area contributed by atoms with Crippen LogP contribution in [0.3, 0.4) is 0 Å². The minimum atomic E-state index is -4.86. The Kier molecular flexibility index (Phi) is 9.38. The summed E-state index contributed by atoms with van der Waals surface area (Å²) in [5, 5.41) is 26.0. The van der Waals surface area contributed by atoms with Crippen LogP contribution < -0.4 is 10.9 Å². The highest BCUT2D eigenvalue weighted by atomic mass is 32.2. The maximum absolute atomic E-state index is 12.1. The molecule has 16 nitrogen and oxygen atoms in total. The Bertz CT molecular complexity index is 1990. The van der Waals surface area contributed by atoms with Gasteiger partial charge in [0.1, 0.15) is 20.9 Å². The van der Waals surface area contributed by atoms with Gasteiger partial charge in [-0.1, -0.05) is 24.3 Å². The maximum atomic E-state index is 12.1. The Morgan fingerprint density at radius 3 is 1.33 bits per heavy atom. The number of hydrogen-bond donors (Lipinski definition) is 6. The van der Waals surface area contributed by atoms with Crippen LogP contribution in [0.25, 0.3) is 12.2 Å². The van der Waals surface area contributed by atoms with Crippen LogP contribution in [0.1, 0.15) is 11.1 Å². The van der Waals surface area contributed by atoms with Gasteiger partial charge in [0.05, 0.1) is 22.8 Å². The van der Waals surface area contributed by atoms with E-state index in [0.717, 1.165) is 48.6 Å². The van der Waals surface area contributed by atoms with Gasteiger partial charge in [0.2, 0.25) is 0 Å². The number of nitrogens with one attached hydrogen (secondary N) is 2. The minimum absolute atomic E-state index is 0.0308. The Balaban J connectivity index is 1.62. The van der Waals surface area contributed by atoms with Crippen molar-refractivity contribution in [1.29, 1.82) is 0 Å². The number of allylic oxidation sites excluding steroid dienone is 6. The topological polar surface area (TPSA) is 266 Å². The zero-order chi connectivity index (χ0) is 33.8. The molecule has 0 atom stereocenters. The fourth-order valence-electron chi connectivity index (χ4n) is 3.88. The van der Waals surface area contributed by atoms with E-state index in [4.69, 9.17) is 10.2 Å². The van der Waals surface area contributed by atoms with Crippen molar-refractivity contribution in [3.05, 3.63) is 95.1 Å². The first-order chi connectivity index (χ1) is 21.5. The first-order valence-corrected chi connectivity index (χ1v) is 15.3. The number of aliphatic carboxylic acids is 2. The molecular formula is C28H20N4O12S2. The molecule has 2 aromatic rings. The van der Waals surface area contributed by atoms with Gasteiger partial charge in [0.25, 0.3) is 20.2 Å². The molecule has 4 rings (SSSR count). The van der Waals surface area contributed by atoms with E-state index in [2.05, 4.69) is 21.1 Å². The standard InChI is InChI=1S/C28H20N4O12S2/c33-23-9-7-17(11-21(23)27(35)36)29-31-19-5-3-15(25(13-19)45(39,40)41)1-2-16-4-6-20(14-26(16)46(42,43)44)32-30-18-8-10-24(34)22(12-18)28(37)38/h1-14,31-32H,(H,35,36)(H,37,38)(H,39,40,41)(H,42,43,44)/b2-1+,29-17-,30-18+. The van der Waals surface area contributed by atoms with Gasteiger partial charge in [-0.3, -0.25) is 29.5 Å². The molecule has 2 aliphatic carbocycles. The third kappa shape index (κ3) is 8.01. The monoisotopic (exact) mass is 668 g/mol. The van der Waals surface area contributed by atoms with Crippen molar-refractivity contribution < 1.29 is 55.3 Å². The van der Waals surface area contributed by atoms with Gasteiger partial charge >= 0.3 is 11.9 Å². The molecule has 46 heavy (non-hydrogen) atoms.